The normalized spacial score (nSPS) is 36.3. The smallest absolute Gasteiger partial charge is 0.316 e. The molecule has 0 amide bonds. The minimum atomic E-state index is -0.874. The minimum absolute atomic E-state index is 0.0286. The first kappa shape index (κ1) is 16.1. The molecule has 2 aromatic rings. The van der Waals surface area contributed by atoms with Gasteiger partial charge in [-0.1, -0.05) is 29.8 Å². The SMILES string of the molecule is C/C=C1\CN2[C@H]3Cc4c([nH]c5ccccc45)[C@@H]2C[C@H]1C3(CO)C(=O)OC. The minimum Gasteiger partial charge on any atom is -0.468 e. The molecule has 2 N–H and O–H groups in total. The summed E-state index contributed by atoms with van der Waals surface area (Å²) in [6, 6.07) is 8.61. The van der Waals surface area contributed by atoms with E-state index in [-0.39, 0.29) is 30.6 Å². The molecule has 26 heavy (non-hydrogen) atoms. The van der Waals surface area contributed by atoms with Crippen molar-refractivity contribution in [3.05, 3.63) is 47.2 Å². The van der Waals surface area contributed by atoms with Crippen LogP contribution >= 0.6 is 0 Å². The lowest BCUT2D eigenvalue weighted by Crippen LogP contribution is -2.69. The van der Waals surface area contributed by atoms with Crippen LogP contribution in [0, 0.1) is 11.3 Å². The number of fused-ring (bicyclic) bond motifs is 4. The second-order valence-electron chi connectivity index (χ2n) is 7.81. The van der Waals surface area contributed by atoms with Crippen LogP contribution in [0.15, 0.2) is 35.9 Å². The quantitative estimate of drug-likeness (QED) is 0.644. The van der Waals surface area contributed by atoms with Crippen molar-refractivity contribution >= 4 is 16.9 Å². The van der Waals surface area contributed by atoms with Gasteiger partial charge in [0.25, 0.3) is 0 Å². The van der Waals surface area contributed by atoms with Crippen LogP contribution in [0.5, 0.6) is 0 Å². The number of ether oxygens (including phenoxy) is 1. The number of aliphatic hydroxyl groups excluding tert-OH is 1. The Morgan fingerprint density at radius 3 is 3.00 bits per heavy atom. The number of para-hydroxylation sites is 1. The number of piperidine rings is 3. The maximum absolute atomic E-state index is 12.9. The number of hydrogen-bond donors (Lipinski definition) is 2. The molecule has 0 saturated carbocycles. The van der Waals surface area contributed by atoms with Crippen molar-refractivity contribution in [3.8, 4) is 0 Å². The maximum Gasteiger partial charge on any atom is 0.316 e. The van der Waals surface area contributed by atoms with Gasteiger partial charge in [-0.2, -0.15) is 0 Å². The molecule has 6 rings (SSSR count). The average Bonchev–Trinajstić information content (AvgIpc) is 3.06. The number of rotatable bonds is 2. The van der Waals surface area contributed by atoms with Crippen molar-refractivity contribution < 1.29 is 14.6 Å². The van der Waals surface area contributed by atoms with E-state index in [1.165, 1.54) is 29.3 Å². The number of H-pyrrole nitrogens is 1. The van der Waals surface area contributed by atoms with Crippen LogP contribution in [-0.2, 0) is 16.0 Å². The Morgan fingerprint density at radius 2 is 2.27 bits per heavy atom. The van der Waals surface area contributed by atoms with Gasteiger partial charge < -0.3 is 14.8 Å². The topological polar surface area (TPSA) is 65.6 Å². The van der Waals surface area contributed by atoms with Crippen LogP contribution in [0.3, 0.4) is 0 Å². The van der Waals surface area contributed by atoms with E-state index < -0.39 is 5.41 Å². The van der Waals surface area contributed by atoms with E-state index >= 15 is 0 Å². The number of carbonyl (C=O) groups is 1. The van der Waals surface area contributed by atoms with Gasteiger partial charge in [0.15, 0.2) is 0 Å². The summed E-state index contributed by atoms with van der Waals surface area (Å²) in [6.45, 7) is 2.72. The maximum atomic E-state index is 12.9. The van der Waals surface area contributed by atoms with E-state index in [9.17, 15) is 9.90 Å². The Labute approximate surface area is 152 Å². The van der Waals surface area contributed by atoms with Gasteiger partial charge in [0.1, 0.15) is 5.41 Å². The molecule has 3 saturated heterocycles. The van der Waals surface area contributed by atoms with Crippen LogP contribution in [0.1, 0.15) is 30.6 Å². The van der Waals surface area contributed by atoms with E-state index in [0.29, 0.717) is 0 Å². The second-order valence-corrected chi connectivity index (χ2v) is 7.81. The number of hydrogen-bond acceptors (Lipinski definition) is 4. The molecule has 4 aliphatic heterocycles. The van der Waals surface area contributed by atoms with Crippen molar-refractivity contribution in [3.63, 3.8) is 0 Å². The monoisotopic (exact) mass is 352 g/mol. The summed E-state index contributed by atoms with van der Waals surface area (Å²) in [5, 5.41) is 11.7. The first-order valence-corrected chi connectivity index (χ1v) is 9.35. The number of nitrogens with zero attached hydrogens (tertiary/aromatic N) is 1. The van der Waals surface area contributed by atoms with Crippen LogP contribution in [0.4, 0.5) is 0 Å². The van der Waals surface area contributed by atoms with E-state index in [1.807, 2.05) is 13.0 Å². The zero-order chi connectivity index (χ0) is 18.1. The Kier molecular flexibility index (Phi) is 3.37. The van der Waals surface area contributed by atoms with Crippen LogP contribution in [0.25, 0.3) is 10.9 Å². The molecule has 0 spiro atoms. The Hall–Kier alpha value is -2.11. The largest absolute Gasteiger partial charge is 0.468 e. The fourth-order valence-corrected chi connectivity index (χ4v) is 5.88. The standard InChI is InChI=1S/C21H24N2O3/c1-3-12-10-23-17-9-15(12)21(11-24,20(25)26-2)18(23)8-14-13-6-4-5-7-16(13)22-19(14)17/h3-7,15,17-18,22,24H,8-11H2,1-2H3/b12-3+/t15-,17+,18+,21?/m1/s1. The van der Waals surface area contributed by atoms with E-state index in [1.54, 1.807) is 0 Å². The highest BCUT2D eigenvalue weighted by Crippen LogP contribution is 2.59. The summed E-state index contributed by atoms with van der Waals surface area (Å²) in [4.78, 5) is 19.0. The number of carbonyl (C=O) groups excluding carboxylic acids is 1. The highest BCUT2D eigenvalue weighted by Gasteiger charge is 2.64. The Morgan fingerprint density at radius 1 is 1.46 bits per heavy atom. The zero-order valence-corrected chi connectivity index (χ0v) is 15.2. The number of aromatic nitrogens is 1. The molecule has 1 aromatic heterocycles. The first-order chi connectivity index (χ1) is 12.7. The molecule has 136 valence electrons. The summed E-state index contributed by atoms with van der Waals surface area (Å²) >= 11 is 0. The molecule has 5 atom stereocenters. The highest BCUT2D eigenvalue weighted by atomic mass is 16.5. The third-order valence-corrected chi connectivity index (χ3v) is 7.06. The lowest BCUT2D eigenvalue weighted by molar-refractivity contribution is -0.183. The first-order valence-electron chi connectivity index (χ1n) is 9.35. The average molecular weight is 352 g/mol. The van der Waals surface area contributed by atoms with Crippen molar-refractivity contribution in [2.75, 3.05) is 20.3 Å². The predicted molar refractivity (Wildman–Crippen MR) is 98.6 cm³/mol. The molecule has 0 radical (unpaired) electrons. The zero-order valence-electron chi connectivity index (χ0n) is 15.2. The van der Waals surface area contributed by atoms with Crippen LogP contribution in [-0.4, -0.2) is 47.3 Å². The number of nitrogens with one attached hydrogen (secondary N) is 1. The van der Waals surface area contributed by atoms with Gasteiger partial charge in [-0.3, -0.25) is 9.69 Å². The molecule has 1 aromatic carbocycles. The van der Waals surface area contributed by atoms with E-state index in [2.05, 4.69) is 34.2 Å². The summed E-state index contributed by atoms with van der Waals surface area (Å²) in [7, 11) is 1.43. The third-order valence-electron chi connectivity index (χ3n) is 7.06. The number of aliphatic hydroxyl groups is 1. The summed E-state index contributed by atoms with van der Waals surface area (Å²) in [5.41, 5.74) is 4.12. The molecule has 5 nitrogen and oxygen atoms in total. The fraction of sp³-hybridized carbons (Fsp3) is 0.476. The Balaban J connectivity index is 1.73. The van der Waals surface area contributed by atoms with E-state index in [0.717, 1.165) is 24.9 Å². The van der Waals surface area contributed by atoms with Crippen molar-refractivity contribution in [2.45, 2.75) is 31.8 Å². The van der Waals surface area contributed by atoms with Gasteiger partial charge in [0.2, 0.25) is 0 Å². The molecule has 4 bridgehead atoms. The van der Waals surface area contributed by atoms with Gasteiger partial charge in [-0.15, -0.1) is 0 Å². The number of methoxy groups -OCH3 is 1. The number of allylic oxidation sites excluding steroid dienone is 1. The fourth-order valence-electron chi connectivity index (χ4n) is 5.88. The molecular weight excluding hydrogens is 328 g/mol. The van der Waals surface area contributed by atoms with Crippen molar-refractivity contribution in [2.24, 2.45) is 11.3 Å². The van der Waals surface area contributed by atoms with Gasteiger partial charge in [-0.25, -0.2) is 0 Å². The van der Waals surface area contributed by atoms with Crippen LogP contribution in [0.2, 0.25) is 0 Å². The van der Waals surface area contributed by atoms with Gasteiger partial charge in [0, 0.05) is 35.1 Å². The molecular formula is C21H24N2O3. The van der Waals surface area contributed by atoms with Crippen LogP contribution < -0.4 is 0 Å². The Bertz CT molecular complexity index is 930. The number of benzene rings is 1. The molecule has 5 heteroatoms. The van der Waals surface area contributed by atoms with Gasteiger partial charge >= 0.3 is 5.97 Å². The van der Waals surface area contributed by atoms with Gasteiger partial charge in [-0.05, 0) is 31.4 Å². The van der Waals surface area contributed by atoms with Crippen molar-refractivity contribution in [1.29, 1.82) is 0 Å². The predicted octanol–water partition coefficient (Wildman–Crippen LogP) is 2.57. The second kappa shape index (κ2) is 5.44. The lowest BCUT2D eigenvalue weighted by atomic mass is 9.55. The summed E-state index contributed by atoms with van der Waals surface area (Å²) in [6.07, 6.45) is 3.72. The highest BCUT2D eigenvalue weighted by molar-refractivity contribution is 5.86. The van der Waals surface area contributed by atoms with Crippen molar-refractivity contribution in [1.82, 2.24) is 9.88 Å². The summed E-state index contributed by atoms with van der Waals surface area (Å²) < 4.78 is 5.22. The van der Waals surface area contributed by atoms with Gasteiger partial charge in [0.05, 0.1) is 19.8 Å². The molecule has 2 unspecified atom stereocenters. The lowest BCUT2D eigenvalue weighted by Gasteiger charge is -2.62. The molecule has 4 aliphatic rings. The summed E-state index contributed by atoms with van der Waals surface area (Å²) in [5.74, 6) is -0.245. The van der Waals surface area contributed by atoms with E-state index in [4.69, 9.17) is 4.74 Å². The molecule has 0 aliphatic carbocycles. The molecule has 3 fully saturated rings. The molecule has 5 heterocycles. The third kappa shape index (κ3) is 1.75. The number of esters is 1. The number of aromatic amines is 1.